The van der Waals surface area contributed by atoms with Gasteiger partial charge >= 0.3 is 142 Å². The van der Waals surface area contributed by atoms with Crippen LogP contribution in [0.2, 0.25) is 4.87 Å². The van der Waals surface area contributed by atoms with Crippen LogP contribution < -0.4 is 12.3 Å². The molecule has 31 heavy (non-hydrogen) atoms. The number of nitrogens with zero attached hydrogens (tertiary/aromatic N) is 1. The zero-order valence-electron chi connectivity index (χ0n) is 19.2. The number of aromatic nitrogens is 2. The van der Waals surface area contributed by atoms with E-state index in [-0.39, 0.29) is 17.3 Å². The van der Waals surface area contributed by atoms with Crippen molar-refractivity contribution in [3.8, 4) is 0 Å². The Bertz CT molecular complexity index is 965. The van der Waals surface area contributed by atoms with Crippen LogP contribution in [0.25, 0.3) is 0 Å². The zero-order chi connectivity index (χ0) is 22.2. The van der Waals surface area contributed by atoms with Crippen molar-refractivity contribution in [3.05, 3.63) is 46.9 Å². The smallest absolute Gasteiger partial charge is 0.0175 e. The molecule has 0 saturated heterocycles. The predicted molar refractivity (Wildman–Crippen MR) is 126 cm³/mol. The molecule has 4 rings (SSSR count). The number of anilines is 2. The van der Waals surface area contributed by atoms with Crippen LogP contribution in [0.3, 0.4) is 0 Å². The molecule has 1 saturated carbocycles. The van der Waals surface area contributed by atoms with Gasteiger partial charge in [0, 0.05) is 0 Å². The number of benzene rings is 1. The first-order valence-corrected chi connectivity index (χ1v) is 16.2. The number of halogens is 1. The summed E-state index contributed by atoms with van der Waals surface area (Å²) in [5, 5.41) is 10.7. The summed E-state index contributed by atoms with van der Waals surface area (Å²) in [6, 6.07) is 5.94. The van der Waals surface area contributed by atoms with E-state index in [1.807, 2.05) is 12.1 Å². The van der Waals surface area contributed by atoms with Gasteiger partial charge in [-0.3, -0.25) is 0 Å². The van der Waals surface area contributed by atoms with Gasteiger partial charge in [-0.05, 0) is 12.3 Å². The first-order valence-electron chi connectivity index (χ1n) is 11.1. The number of ether oxygens (including phenoxy) is 1. The van der Waals surface area contributed by atoms with Gasteiger partial charge in [-0.25, -0.2) is 0 Å². The molecule has 1 fully saturated rings. The van der Waals surface area contributed by atoms with Gasteiger partial charge in [0.15, 0.2) is 0 Å². The van der Waals surface area contributed by atoms with Crippen LogP contribution in [-0.4, -0.2) is 43.4 Å². The molecule has 2 aromatic rings. The molecule has 2 atom stereocenters. The van der Waals surface area contributed by atoms with Gasteiger partial charge in [0.2, 0.25) is 0 Å². The Morgan fingerprint density at radius 2 is 2.16 bits per heavy atom. The Kier molecular flexibility index (Phi) is 6.81. The number of H-pyrrole nitrogens is 1. The fraction of sp³-hybridized carbons (Fsp3) is 0.542. The van der Waals surface area contributed by atoms with Crippen LogP contribution in [0.5, 0.6) is 0 Å². The summed E-state index contributed by atoms with van der Waals surface area (Å²) in [6.07, 6.45) is 5.62. The number of hydrogen-bond donors (Lipinski definition) is 3. The molecule has 1 aliphatic heterocycles. The van der Waals surface area contributed by atoms with E-state index < -0.39 is 20.5 Å². The standard InChI is InChI=1S/C23H31FN4O.CH3.Sb/c1-15(23(2,3)4)10-11-29-18-9-8-16(12-18)20-13-21(28-27-20)26-19-7-5-6-17(14-25)22(19)24;;/h5,7,10,13,16,18,25H,8-9,11-12,14H2,1-4H3,(H2,26,27,28);1H3;/q-1;;+1/b15-10+;;. The average Bonchev–Trinajstić information content (AvgIpc) is 3.44. The number of rotatable bonds is 6. The molecule has 1 aromatic carbocycles. The Hall–Kier alpha value is -1.36. The Balaban J connectivity index is 1.34. The molecule has 0 bridgehead atoms. The molecule has 1 aliphatic carbocycles. The number of allylic oxidation sites excluding steroid dienone is 1. The largest absolute Gasteiger partial charge is 0.0564 e. The molecular weight excluding hydrogens is 501 g/mol. The fourth-order valence-corrected chi connectivity index (χ4v) is 8.34. The molecule has 0 radical (unpaired) electrons. The van der Waals surface area contributed by atoms with E-state index in [2.05, 4.69) is 63.7 Å². The zero-order valence-corrected chi connectivity index (χ0v) is 21.7. The summed E-state index contributed by atoms with van der Waals surface area (Å²) in [7, 11) is 0. The van der Waals surface area contributed by atoms with Crippen molar-refractivity contribution in [2.24, 2.45) is 5.41 Å². The third-order valence-corrected chi connectivity index (χ3v) is 11.7. The van der Waals surface area contributed by atoms with Gasteiger partial charge < -0.3 is 0 Å². The molecule has 0 spiro atoms. The van der Waals surface area contributed by atoms with Gasteiger partial charge in [0.25, 0.3) is 0 Å². The maximum atomic E-state index is 14.9. The minimum atomic E-state index is -1.61. The summed E-state index contributed by atoms with van der Waals surface area (Å²) in [5.41, 5.74) is 3.98. The summed E-state index contributed by atoms with van der Waals surface area (Å²) < 4.78 is 25.7. The maximum Gasteiger partial charge on any atom is -0.0175 e. The minimum Gasteiger partial charge on any atom is -0.0564 e. The van der Waals surface area contributed by atoms with E-state index in [1.54, 1.807) is 0 Å². The normalized spacial score (nSPS) is 22.2. The van der Waals surface area contributed by atoms with E-state index in [4.69, 9.17) is 4.74 Å². The number of hydrogen-bond acceptors (Lipinski definition) is 4. The van der Waals surface area contributed by atoms with Gasteiger partial charge in [-0.2, -0.15) is 0 Å². The van der Waals surface area contributed by atoms with Crippen LogP contribution in [0, 0.1) is 11.2 Å². The predicted octanol–water partition coefficient (Wildman–Crippen LogP) is 4.87. The first-order chi connectivity index (χ1) is 14.7. The van der Waals surface area contributed by atoms with E-state index in [1.165, 1.54) is 9.08 Å². The van der Waals surface area contributed by atoms with Crippen molar-refractivity contribution < 1.29 is 9.13 Å². The molecule has 7 heteroatoms. The molecule has 168 valence electrons. The maximum absolute atomic E-state index is 14.9. The van der Waals surface area contributed by atoms with Crippen molar-refractivity contribution in [1.82, 2.24) is 13.7 Å². The van der Waals surface area contributed by atoms with E-state index >= 15 is 0 Å². The van der Waals surface area contributed by atoms with Gasteiger partial charge in [-0.1, -0.05) is 32.4 Å². The van der Waals surface area contributed by atoms with Crippen molar-refractivity contribution in [1.29, 1.82) is 0 Å². The van der Waals surface area contributed by atoms with Crippen LogP contribution in [0.4, 0.5) is 15.9 Å². The van der Waals surface area contributed by atoms with Gasteiger partial charge in [0.05, 0.1) is 6.61 Å². The van der Waals surface area contributed by atoms with Crippen LogP contribution in [0.1, 0.15) is 64.1 Å². The monoisotopic (exact) mass is 534 g/mol. The van der Waals surface area contributed by atoms with Crippen molar-refractivity contribution in [2.45, 2.75) is 70.4 Å². The molecule has 2 unspecified atom stereocenters. The van der Waals surface area contributed by atoms with Crippen molar-refractivity contribution in [2.75, 3.05) is 11.9 Å². The second-order valence-corrected chi connectivity index (χ2v) is 15.2. The van der Waals surface area contributed by atoms with Crippen molar-refractivity contribution >= 4 is 35.5 Å². The molecule has 2 aliphatic rings. The van der Waals surface area contributed by atoms with Gasteiger partial charge in [0.1, 0.15) is 0 Å². The summed E-state index contributed by atoms with van der Waals surface area (Å²) in [4.78, 5) is 2.24. The Morgan fingerprint density at radius 3 is 2.94 bits per heavy atom. The first kappa shape index (κ1) is 22.8. The van der Waals surface area contributed by atoms with Crippen LogP contribution >= 0.6 is 0 Å². The number of aromatic amines is 1. The molecule has 3 N–H and O–H groups in total. The minimum absolute atomic E-state index is 0.142. The van der Waals surface area contributed by atoms with E-state index in [0.29, 0.717) is 30.6 Å². The van der Waals surface area contributed by atoms with Crippen LogP contribution in [0.15, 0.2) is 29.8 Å². The molecular formula is C24H34FN4OSb. The van der Waals surface area contributed by atoms with Crippen LogP contribution in [-0.2, 0) is 11.3 Å². The third-order valence-electron chi connectivity index (χ3n) is 6.66. The summed E-state index contributed by atoms with van der Waals surface area (Å²) in [6.45, 7) is 10.2. The molecule has 5 nitrogen and oxygen atoms in total. The third kappa shape index (κ3) is 5.18. The van der Waals surface area contributed by atoms with Gasteiger partial charge in [-0.15, -0.1) is 0 Å². The molecule has 0 amide bonds. The fourth-order valence-electron chi connectivity index (χ4n) is 4.21. The molecule has 1 aromatic heterocycles. The number of fused-ring (bicyclic) bond motifs is 1. The van der Waals surface area contributed by atoms with E-state index in [0.717, 1.165) is 30.5 Å². The Morgan fingerprint density at radius 1 is 1.35 bits per heavy atom. The Labute approximate surface area is 192 Å². The summed E-state index contributed by atoms with van der Waals surface area (Å²) in [5.74, 6) is 0.932. The summed E-state index contributed by atoms with van der Waals surface area (Å²) >= 11 is -1.61. The topological polar surface area (TPSA) is 62.0 Å². The second kappa shape index (κ2) is 9.25. The van der Waals surface area contributed by atoms with E-state index in [9.17, 15) is 4.39 Å². The molecule has 2 heterocycles. The van der Waals surface area contributed by atoms with Crippen molar-refractivity contribution in [3.63, 3.8) is 0 Å². The quantitative estimate of drug-likeness (QED) is 0.365. The number of nitrogens with one attached hydrogen (secondary N) is 3. The SMILES string of the molecule is C/C(=C\COC1CCC(c2cc(Nc3cc[c]4c(c3F)C[NH][Sb]4[CH3])n[nH]2)C1)C(C)(C)C. The average molecular weight is 535 g/mol. The second-order valence-electron chi connectivity index (χ2n) is 9.75.